The van der Waals surface area contributed by atoms with E-state index in [2.05, 4.69) is 16.0 Å². The Morgan fingerprint density at radius 1 is 0.737 bits per heavy atom. The lowest BCUT2D eigenvalue weighted by molar-refractivity contribution is -0.142. The number of rotatable bonds is 14. The molecule has 0 spiro atoms. The lowest BCUT2D eigenvalue weighted by Crippen LogP contribution is -2.59. The minimum absolute atomic E-state index is 0.00546. The van der Waals surface area contributed by atoms with Crippen molar-refractivity contribution < 1.29 is 34.2 Å². The number of aliphatic hydroxyl groups excluding tert-OH is 1. The third kappa shape index (κ3) is 9.64. The Kier molecular flexibility index (Phi) is 11.4. The van der Waals surface area contributed by atoms with Gasteiger partial charge in [-0.1, -0.05) is 60.7 Å². The van der Waals surface area contributed by atoms with Gasteiger partial charge in [-0.2, -0.15) is 0 Å². The van der Waals surface area contributed by atoms with Crippen LogP contribution < -0.4 is 27.4 Å². The van der Waals surface area contributed by atoms with Crippen LogP contribution in [0.2, 0.25) is 0 Å². The normalized spacial score (nSPS) is 14.7. The van der Waals surface area contributed by atoms with Crippen molar-refractivity contribution in [3.8, 4) is 0 Å². The molecule has 4 amide bonds. The van der Waals surface area contributed by atoms with Crippen molar-refractivity contribution in [3.05, 3.63) is 71.8 Å². The highest BCUT2D eigenvalue weighted by atomic mass is 16.4. The number of benzene rings is 2. The van der Waals surface area contributed by atoms with Gasteiger partial charge in [-0.05, 0) is 18.1 Å². The van der Waals surface area contributed by atoms with Gasteiger partial charge in [0, 0.05) is 12.8 Å². The molecule has 0 saturated heterocycles. The predicted molar refractivity (Wildman–Crippen MR) is 137 cm³/mol. The summed E-state index contributed by atoms with van der Waals surface area (Å²) in [5.41, 5.74) is 12.2. The van der Waals surface area contributed by atoms with Crippen LogP contribution >= 0.6 is 0 Å². The number of amides is 4. The molecule has 0 aliphatic carbocycles. The van der Waals surface area contributed by atoms with Crippen molar-refractivity contribution in [2.75, 3.05) is 0 Å². The van der Waals surface area contributed by atoms with Crippen LogP contribution in [0.15, 0.2) is 60.7 Å². The second-order valence-electron chi connectivity index (χ2n) is 8.84. The van der Waals surface area contributed by atoms with E-state index in [1.54, 1.807) is 60.7 Å². The Balaban J connectivity index is 2.26. The summed E-state index contributed by atoms with van der Waals surface area (Å²) < 4.78 is 0. The summed E-state index contributed by atoms with van der Waals surface area (Å²) in [7, 11) is 0. The molecule has 0 bridgehead atoms. The van der Waals surface area contributed by atoms with Gasteiger partial charge in [0.05, 0.1) is 12.5 Å². The van der Waals surface area contributed by atoms with Crippen molar-refractivity contribution in [3.63, 3.8) is 0 Å². The average Bonchev–Trinajstić information content (AvgIpc) is 2.87. The smallest absolute Gasteiger partial charge is 0.326 e. The third-order valence-corrected chi connectivity index (χ3v) is 5.67. The fraction of sp³-hybridized carbons (Fsp3) is 0.346. The van der Waals surface area contributed by atoms with Crippen LogP contribution in [0.3, 0.4) is 0 Å². The van der Waals surface area contributed by atoms with E-state index < -0.39 is 66.3 Å². The monoisotopic (exact) mass is 527 g/mol. The quantitative estimate of drug-likeness (QED) is 0.155. The first-order chi connectivity index (χ1) is 18.0. The summed E-state index contributed by atoms with van der Waals surface area (Å²) in [6, 6.07) is 11.9. The average molecular weight is 528 g/mol. The number of hydrogen-bond acceptors (Lipinski definition) is 7. The highest BCUT2D eigenvalue weighted by Gasteiger charge is 2.32. The molecule has 2 aromatic carbocycles. The van der Waals surface area contributed by atoms with Crippen molar-refractivity contribution in [2.45, 2.75) is 56.5 Å². The van der Waals surface area contributed by atoms with Gasteiger partial charge in [0.25, 0.3) is 0 Å². The van der Waals surface area contributed by atoms with Crippen molar-refractivity contribution in [2.24, 2.45) is 11.5 Å². The molecule has 5 atom stereocenters. The number of nitrogens with one attached hydrogen (secondary N) is 3. The predicted octanol–water partition coefficient (Wildman–Crippen LogP) is -1.41. The lowest BCUT2D eigenvalue weighted by atomic mass is 10.0. The van der Waals surface area contributed by atoms with Crippen LogP contribution in [0.4, 0.5) is 0 Å². The highest BCUT2D eigenvalue weighted by molar-refractivity contribution is 5.96. The molecular weight excluding hydrogens is 494 g/mol. The molecule has 0 heterocycles. The SMILES string of the molecule is CC(O)C(N)C(=O)NC(CC(N)=O)C(=O)NC(Cc1ccccc1)C(=O)NC(Cc1ccccc1)C(=O)O. The van der Waals surface area contributed by atoms with Crippen LogP contribution in [0, 0.1) is 0 Å². The van der Waals surface area contributed by atoms with E-state index in [1.807, 2.05) is 0 Å². The second-order valence-corrected chi connectivity index (χ2v) is 8.84. The molecule has 2 rings (SSSR count). The summed E-state index contributed by atoms with van der Waals surface area (Å²) in [5.74, 6) is -4.78. The number of primary amides is 1. The zero-order chi connectivity index (χ0) is 28.2. The van der Waals surface area contributed by atoms with Gasteiger partial charge in [-0.15, -0.1) is 0 Å². The summed E-state index contributed by atoms with van der Waals surface area (Å²) in [6.45, 7) is 1.28. The van der Waals surface area contributed by atoms with Gasteiger partial charge in [0.1, 0.15) is 24.2 Å². The standard InChI is InChI=1S/C26H33N5O7/c1-15(32)22(28)25(36)30-19(14-21(27)33)24(35)29-18(12-16-8-4-2-5-9-16)23(34)31-20(26(37)38)13-17-10-6-3-7-11-17/h2-11,15,18-20,22,32H,12-14,28H2,1H3,(H2,27,33)(H,29,35)(H,30,36)(H,31,34)(H,37,38). The lowest BCUT2D eigenvalue weighted by Gasteiger charge is -2.25. The number of hydrogen-bond donors (Lipinski definition) is 7. The van der Waals surface area contributed by atoms with E-state index >= 15 is 0 Å². The number of aliphatic carboxylic acids is 1. The number of aliphatic hydroxyl groups is 1. The fourth-order valence-corrected chi connectivity index (χ4v) is 3.55. The maximum absolute atomic E-state index is 13.2. The van der Waals surface area contributed by atoms with Crippen molar-refractivity contribution in [1.82, 2.24) is 16.0 Å². The number of carboxylic acid groups (broad SMARTS) is 1. The molecule has 12 nitrogen and oxygen atoms in total. The van der Waals surface area contributed by atoms with Crippen LogP contribution in [-0.4, -0.2) is 70.1 Å². The Bertz CT molecular complexity index is 1110. The first-order valence-electron chi connectivity index (χ1n) is 11.9. The van der Waals surface area contributed by atoms with Crippen LogP contribution in [-0.2, 0) is 36.8 Å². The van der Waals surface area contributed by atoms with Gasteiger partial charge < -0.3 is 37.6 Å². The largest absolute Gasteiger partial charge is 0.480 e. The van der Waals surface area contributed by atoms with Gasteiger partial charge in [-0.3, -0.25) is 19.2 Å². The van der Waals surface area contributed by atoms with Gasteiger partial charge >= 0.3 is 5.97 Å². The van der Waals surface area contributed by atoms with E-state index in [9.17, 15) is 34.2 Å². The molecule has 204 valence electrons. The first-order valence-corrected chi connectivity index (χ1v) is 11.9. The maximum atomic E-state index is 13.2. The molecular formula is C26H33N5O7. The van der Waals surface area contributed by atoms with Crippen LogP contribution in [0.25, 0.3) is 0 Å². The first kappa shape index (κ1) is 29.9. The molecule has 0 aromatic heterocycles. The summed E-state index contributed by atoms with van der Waals surface area (Å²) in [6.07, 6.45) is -1.84. The molecule has 12 heteroatoms. The second kappa shape index (κ2) is 14.4. The van der Waals surface area contributed by atoms with Gasteiger partial charge in [0.2, 0.25) is 23.6 Å². The van der Waals surface area contributed by atoms with E-state index in [4.69, 9.17) is 11.5 Å². The van der Waals surface area contributed by atoms with Crippen LogP contribution in [0.1, 0.15) is 24.5 Å². The molecule has 5 unspecified atom stereocenters. The van der Waals surface area contributed by atoms with Gasteiger partial charge in [-0.25, -0.2) is 4.79 Å². The third-order valence-electron chi connectivity index (χ3n) is 5.67. The molecule has 0 aliphatic heterocycles. The Labute approximate surface area is 219 Å². The fourth-order valence-electron chi connectivity index (χ4n) is 3.55. The zero-order valence-electron chi connectivity index (χ0n) is 20.9. The Morgan fingerprint density at radius 3 is 1.61 bits per heavy atom. The van der Waals surface area contributed by atoms with E-state index in [1.165, 1.54) is 6.92 Å². The van der Waals surface area contributed by atoms with E-state index in [0.717, 1.165) is 0 Å². The van der Waals surface area contributed by atoms with Gasteiger partial charge in [0.15, 0.2) is 0 Å². The highest BCUT2D eigenvalue weighted by Crippen LogP contribution is 2.08. The van der Waals surface area contributed by atoms with E-state index in [-0.39, 0.29) is 12.8 Å². The minimum Gasteiger partial charge on any atom is -0.480 e. The molecule has 0 fully saturated rings. The molecule has 38 heavy (non-hydrogen) atoms. The van der Waals surface area contributed by atoms with E-state index in [0.29, 0.717) is 11.1 Å². The summed E-state index contributed by atoms with van der Waals surface area (Å²) in [5, 5.41) is 26.5. The molecule has 0 aliphatic rings. The molecule has 2 aromatic rings. The Morgan fingerprint density at radius 2 is 1.16 bits per heavy atom. The Hall–Kier alpha value is -4.29. The topological polar surface area (TPSA) is 214 Å². The molecule has 0 saturated carbocycles. The summed E-state index contributed by atoms with van der Waals surface area (Å²) in [4.78, 5) is 62.1. The number of carbonyl (C=O) groups excluding carboxylic acids is 4. The minimum atomic E-state index is -1.49. The molecule has 0 radical (unpaired) electrons. The summed E-state index contributed by atoms with van der Waals surface area (Å²) >= 11 is 0. The van der Waals surface area contributed by atoms with Crippen molar-refractivity contribution in [1.29, 1.82) is 0 Å². The number of carbonyl (C=O) groups is 5. The maximum Gasteiger partial charge on any atom is 0.326 e. The molecule has 9 N–H and O–H groups in total. The number of carboxylic acids is 1. The zero-order valence-corrected chi connectivity index (χ0v) is 20.9. The number of nitrogens with two attached hydrogens (primary N) is 2. The van der Waals surface area contributed by atoms with Crippen LogP contribution in [0.5, 0.6) is 0 Å². The van der Waals surface area contributed by atoms with Crippen molar-refractivity contribution >= 4 is 29.6 Å².